The Morgan fingerprint density at radius 3 is 2.16 bits per heavy atom. The van der Waals surface area contributed by atoms with E-state index in [2.05, 4.69) is 10.3 Å². The predicted octanol–water partition coefficient (Wildman–Crippen LogP) is 4.81. The first-order chi connectivity index (χ1) is 18.0. The molecule has 0 radical (unpaired) electrons. The van der Waals surface area contributed by atoms with Crippen molar-refractivity contribution in [1.29, 1.82) is 0 Å². The van der Waals surface area contributed by atoms with Gasteiger partial charge in [-0.25, -0.2) is 0 Å². The standard InChI is InChI=1S/C30H34N4O3/c1-21-9-11-22(12-10-21)27(23-13-15-31-16-14-23)32-29(36)25-19-34(24-7-3-4-8-24)20-26(28(25)35)30(37)33-17-5-2-6-18-33/h9-16,19-20,24,27H,2-8,17-18H2,1H3,(H,32,36)/t27-/m0/s1. The summed E-state index contributed by atoms with van der Waals surface area (Å²) < 4.78 is 1.94. The fraction of sp³-hybridized carbons (Fsp3) is 0.400. The summed E-state index contributed by atoms with van der Waals surface area (Å²) in [4.78, 5) is 46.7. The van der Waals surface area contributed by atoms with Gasteiger partial charge in [0, 0.05) is 43.9 Å². The number of nitrogens with one attached hydrogen (secondary N) is 1. The molecule has 0 spiro atoms. The Labute approximate surface area is 217 Å². The molecule has 0 unspecified atom stereocenters. The highest BCUT2D eigenvalue weighted by Crippen LogP contribution is 2.30. The lowest BCUT2D eigenvalue weighted by Crippen LogP contribution is -2.40. The smallest absolute Gasteiger partial charge is 0.259 e. The molecule has 2 amide bonds. The molecule has 2 aromatic heterocycles. The number of nitrogens with zero attached hydrogens (tertiary/aromatic N) is 3. The van der Waals surface area contributed by atoms with Crippen LogP contribution >= 0.6 is 0 Å². The van der Waals surface area contributed by atoms with Gasteiger partial charge in [-0.05, 0) is 62.3 Å². The molecule has 2 aliphatic rings. The Bertz CT molecular complexity index is 1300. The molecule has 1 saturated carbocycles. The third-order valence-electron chi connectivity index (χ3n) is 7.64. The quantitative estimate of drug-likeness (QED) is 0.529. The van der Waals surface area contributed by atoms with Crippen LogP contribution in [0.15, 0.2) is 66.0 Å². The number of hydrogen-bond donors (Lipinski definition) is 1. The SMILES string of the molecule is Cc1ccc([C@H](NC(=O)c2cn(C3CCCC3)cc(C(=O)N3CCCCC3)c2=O)c2ccncc2)cc1. The molecular formula is C30H34N4O3. The molecule has 7 nitrogen and oxygen atoms in total. The monoisotopic (exact) mass is 498 g/mol. The van der Waals surface area contributed by atoms with Gasteiger partial charge in [-0.1, -0.05) is 42.7 Å². The van der Waals surface area contributed by atoms with Crippen LogP contribution in [0.2, 0.25) is 0 Å². The van der Waals surface area contributed by atoms with Crippen LogP contribution < -0.4 is 10.7 Å². The highest BCUT2D eigenvalue weighted by Gasteiger charge is 2.28. The third-order valence-corrected chi connectivity index (χ3v) is 7.64. The Hall–Kier alpha value is -3.74. The summed E-state index contributed by atoms with van der Waals surface area (Å²) in [5.41, 5.74) is 2.50. The normalized spacial score (nSPS) is 16.9. The van der Waals surface area contributed by atoms with E-state index < -0.39 is 17.4 Å². The lowest BCUT2D eigenvalue weighted by Gasteiger charge is -2.27. The van der Waals surface area contributed by atoms with E-state index in [1.165, 1.54) is 0 Å². The van der Waals surface area contributed by atoms with Gasteiger partial charge in [-0.3, -0.25) is 19.4 Å². The van der Waals surface area contributed by atoms with E-state index in [4.69, 9.17) is 0 Å². The van der Waals surface area contributed by atoms with E-state index in [1.54, 1.807) is 29.7 Å². The third kappa shape index (κ3) is 5.50. The molecule has 1 aliphatic heterocycles. The maximum absolute atomic E-state index is 13.7. The summed E-state index contributed by atoms with van der Waals surface area (Å²) in [6.45, 7) is 3.31. The molecule has 37 heavy (non-hydrogen) atoms. The predicted molar refractivity (Wildman–Crippen MR) is 143 cm³/mol. The molecular weight excluding hydrogens is 464 g/mol. The minimum atomic E-state index is -0.500. The van der Waals surface area contributed by atoms with Gasteiger partial charge in [0.1, 0.15) is 11.1 Å². The van der Waals surface area contributed by atoms with Crippen molar-refractivity contribution in [3.05, 3.63) is 99.2 Å². The van der Waals surface area contributed by atoms with Gasteiger partial charge in [0.25, 0.3) is 11.8 Å². The second-order valence-corrected chi connectivity index (χ2v) is 10.3. The van der Waals surface area contributed by atoms with E-state index in [1.807, 2.05) is 47.9 Å². The number of benzene rings is 1. The van der Waals surface area contributed by atoms with Gasteiger partial charge in [-0.15, -0.1) is 0 Å². The van der Waals surface area contributed by atoms with Crippen LogP contribution in [0.5, 0.6) is 0 Å². The molecule has 1 saturated heterocycles. The summed E-state index contributed by atoms with van der Waals surface area (Å²) in [7, 11) is 0. The molecule has 1 atom stereocenters. The second-order valence-electron chi connectivity index (χ2n) is 10.3. The fourth-order valence-electron chi connectivity index (χ4n) is 5.48. The zero-order valence-corrected chi connectivity index (χ0v) is 21.4. The number of hydrogen-bond acceptors (Lipinski definition) is 4. The van der Waals surface area contributed by atoms with Crippen LogP contribution in [-0.2, 0) is 0 Å². The number of amides is 2. The van der Waals surface area contributed by atoms with Crippen molar-refractivity contribution in [1.82, 2.24) is 19.8 Å². The number of carbonyl (C=O) groups excluding carboxylic acids is 2. The molecule has 1 aliphatic carbocycles. The molecule has 0 bridgehead atoms. The van der Waals surface area contributed by atoms with Crippen LogP contribution in [0.4, 0.5) is 0 Å². The van der Waals surface area contributed by atoms with Gasteiger partial charge in [-0.2, -0.15) is 0 Å². The Balaban J connectivity index is 1.53. The number of likely N-dealkylation sites (tertiary alicyclic amines) is 1. The molecule has 1 aromatic carbocycles. The van der Waals surface area contributed by atoms with Crippen LogP contribution in [0, 0.1) is 6.92 Å². The average Bonchev–Trinajstić information content (AvgIpc) is 3.48. The van der Waals surface area contributed by atoms with E-state index in [-0.39, 0.29) is 23.1 Å². The van der Waals surface area contributed by atoms with Gasteiger partial charge in [0.2, 0.25) is 5.43 Å². The summed E-state index contributed by atoms with van der Waals surface area (Å²) in [5, 5.41) is 3.08. The lowest BCUT2D eigenvalue weighted by molar-refractivity contribution is 0.0722. The summed E-state index contributed by atoms with van der Waals surface area (Å²) in [6, 6.07) is 11.4. The second kappa shape index (κ2) is 11.1. The first-order valence-corrected chi connectivity index (χ1v) is 13.3. The van der Waals surface area contributed by atoms with Crippen LogP contribution in [0.1, 0.15) is 94.4 Å². The summed E-state index contributed by atoms with van der Waals surface area (Å²) in [5.74, 6) is -0.747. The molecule has 1 N–H and O–H groups in total. The van der Waals surface area contributed by atoms with E-state index in [9.17, 15) is 14.4 Å². The van der Waals surface area contributed by atoms with Crippen molar-refractivity contribution in [3.8, 4) is 0 Å². The average molecular weight is 499 g/mol. The molecule has 192 valence electrons. The first kappa shape index (κ1) is 24.9. The van der Waals surface area contributed by atoms with Gasteiger partial charge in [0.15, 0.2) is 0 Å². The van der Waals surface area contributed by atoms with Crippen LogP contribution in [0.25, 0.3) is 0 Å². The number of piperidine rings is 1. The Morgan fingerprint density at radius 1 is 0.865 bits per heavy atom. The molecule has 3 heterocycles. The maximum atomic E-state index is 13.7. The molecule has 7 heteroatoms. The number of aromatic nitrogens is 2. The Morgan fingerprint density at radius 2 is 1.49 bits per heavy atom. The van der Waals surface area contributed by atoms with Gasteiger partial charge in [0.05, 0.1) is 6.04 Å². The topological polar surface area (TPSA) is 84.3 Å². The fourth-order valence-corrected chi connectivity index (χ4v) is 5.48. The number of carbonyl (C=O) groups is 2. The van der Waals surface area contributed by atoms with Gasteiger partial charge < -0.3 is 14.8 Å². The zero-order chi connectivity index (χ0) is 25.8. The zero-order valence-electron chi connectivity index (χ0n) is 21.4. The van der Waals surface area contributed by atoms with Crippen molar-refractivity contribution in [2.24, 2.45) is 0 Å². The Kier molecular flexibility index (Phi) is 7.49. The van der Waals surface area contributed by atoms with E-state index in [0.717, 1.165) is 61.6 Å². The highest BCUT2D eigenvalue weighted by molar-refractivity contribution is 5.99. The highest BCUT2D eigenvalue weighted by atomic mass is 16.2. The van der Waals surface area contributed by atoms with Crippen molar-refractivity contribution < 1.29 is 9.59 Å². The summed E-state index contributed by atoms with van der Waals surface area (Å²) >= 11 is 0. The molecule has 2 fully saturated rings. The van der Waals surface area contributed by atoms with E-state index in [0.29, 0.717) is 13.1 Å². The minimum absolute atomic E-state index is 0.0147. The van der Waals surface area contributed by atoms with Crippen LogP contribution in [0.3, 0.4) is 0 Å². The van der Waals surface area contributed by atoms with E-state index >= 15 is 0 Å². The largest absolute Gasteiger partial charge is 0.349 e. The number of aryl methyl sites for hydroxylation is 1. The van der Waals surface area contributed by atoms with Crippen LogP contribution in [-0.4, -0.2) is 39.4 Å². The van der Waals surface area contributed by atoms with Crippen molar-refractivity contribution in [2.45, 2.75) is 64.0 Å². The molecule has 5 rings (SSSR count). The van der Waals surface area contributed by atoms with Gasteiger partial charge >= 0.3 is 0 Å². The maximum Gasteiger partial charge on any atom is 0.259 e. The van der Waals surface area contributed by atoms with Crippen molar-refractivity contribution >= 4 is 11.8 Å². The van der Waals surface area contributed by atoms with Crippen molar-refractivity contribution in [3.63, 3.8) is 0 Å². The van der Waals surface area contributed by atoms with Crippen molar-refractivity contribution in [2.75, 3.05) is 13.1 Å². The minimum Gasteiger partial charge on any atom is -0.349 e. The summed E-state index contributed by atoms with van der Waals surface area (Å²) in [6.07, 6.45) is 13.8. The number of rotatable bonds is 6. The number of pyridine rings is 2. The first-order valence-electron chi connectivity index (χ1n) is 13.3. The molecule has 3 aromatic rings. The lowest BCUT2D eigenvalue weighted by atomic mass is 9.98.